The minimum atomic E-state index is -4.55. The van der Waals surface area contributed by atoms with Crippen LogP contribution in [-0.4, -0.2) is 20.7 Å². The number of aromatic nitrogens is 2. The van der Waals surface area contributed by atoms with Crippen LogP contribution in [0.15, 0.2) is 34.2 Å². The summed E-state index contributed by atoms with van der Waals surface area (Å²) in [4.78, 5) is 31.3. The van der Waals surface area contributed by atoms with Gasteiger partial charge < -0.3 is 5.73 Å². The Hall–Kier alpha value is -2.33. The third-order valence-electron chi connectivity index (χ3n) is 5.07. The number of thiophene rings is 1. The average Bonchev–Trinajstić information content (AvgIpc) is 3.06. The van der Waals surface area contributed by atoms with Crippen molar-refractivity contribution in [3.8, 4) is 5.69 Å². The van der Waals surface area contributed by atoms with Gasteiger partial charge in [0.05, 0.1) is 21.9 Å². The van der Waals surface area contributed by atoms with E-state index >= 15 is 0 Å². The van der Waals surface area contributed by atoms with Gasteiger partial charge in [-0.2, -0.15) is 13.2 Å². The Labute approximate surface area is 178 Å². The highest BCUT2D eigenvalue weighted by Gasteiger charge is 2.31. The zero-order chi connectivity index (χ0) is 21.6. The molecular weight excluding hydrogens is 435 g/mol. The lowest BCUT2D eigenvalue weighted by Gasteiger charge is -2.16. The van der Waals surface area contributed by atoms with Gasteiger partial charge in [0, 0.05) is 4.88 Å². The first-order valence-corrected chi connectivity index (χ1v) is 11.1. The van der Waals surface area contributed by atoms with Gasteiger partial charge in [0.15, 0.2) is 5.16 Å². The second-order valence-electron chi connectivity index (χ2n) is 7.14. The first-order valence-electron chi connectivity index (χ1n) is 9.37. The van der Waals surface area contributed by atoms with Crippen molar-refractivity contribution in [3.05, 3.63) is 50.6 Å². The van der Waals surface area contributed by atoms with Crippen LogP contribution in [0.4, 0.5) is 13.2 Å². The number of carbonyl (C=O) groups is 1. The predicted octanol–water partition coefficient (Wildman–Crippen LogP) is 4.31. The Kier molecular flexibility index (Phi) is 5.39. The summed E-state index contributed by atoms with van der Waals surface area (Å²) < 4.78 is 41.0. The van der Waals surface area contributed by atoms with E-state index in [1.807, 2.05) is 0 Å². The molecule has 1 aliphatic carbocycles. The summed E-state index contributed by atoms with van der Waals surface area (Å²) in [6.07, 6.45) is -0.954. The molecule has 1 aliphatic rings. The second-order valence-corrected chi connectivity index (χ2v) is 9.53. The van der Waals surface area contributed by atoms with Crippen molar-refractivity contribution < 1.29 is 18.0 Å². The fourth-order valence-corrected chi connectivity index (χ4v) is 5.71. The van der Waals surface area contributed by atoms with Crippen molar-refractivity contribution in [2.24, 2.45) is 5.73 Å². The van der Waals surface area contributed by atoms with Crippen LogP contribution in [0, 0.1) is 0 Å². The third kappa shape index (κ3) is 3.74. The van der Waals surface area contributed by atoms with E-state index in [0.717, 1.165) is 60.0 Å². The maximum atomic E-state index is 13.5. The quantitative estimate of drug-likeness (QED) is 0.472. The number of thioether (sulfide) groups is 1. The summed E-state index contributed by atoms with van der Waals surface area (Å²) in [6, 6.07) is 4.56. The summed E-state index contributed by atoms with van der Waals surface area (Å²) in [7, 11) is 0. The molecule has 10 heteroatoms. The van der Waals surface area contributed by atoms with Crippen LogP contribution in [0.5, 0.6) is 0 Å². The van der Waals surface area contributed by atoms with Gasteiger partial charge in [-0.25, -0.2) is 4.98 Å². The Morgan fingerprint density at radius 2 is 2.03 bits per heavy atom. The molecule has 1 aromatic carbocycles. The number of nitrogens with two attached hydrogens (primary N) is 1. The van der Waals surface area contributed by atoms with E-state index in [1.54, 1.807) is 6.92 Å². The molecule has 2 heterocycles. The van der Waals surface area contributed by atoms with E-state index in [2.05, 4.69) is 4.98 Å². The van der Waals surface area contributed by atoms with Crippen LogP contribution >= 0.6 is 23.1 Å². The first kappa shape index (κ1) is 20.9. The highest BCUT2D eigenvalue weighted by molar-refractivity contribution is 8.00. The van der Waals surface area contributed by atoms with Crippen molar-refractivity contribution in [1.82, 2.24) is 9.55 Å². The number of hydrogen-bond acceptors (Lipinski definition) is 5. The molecule has 1 unspecified atom stereocenters. The van der Waals surface area contributed by atoms with Gasteiger partial charge in [0.2, 0.25) is 5.91 Å². The number of carbonyl (C=O) groups excluding carboxylic acids is 1. The summed E-state index contributed by atoms with van der Waals surface area (Å²) in [6.45, 7) is 1.57. The third-order valence-corrected chi connectivity index (χ3v) is 7.33. The van der Waals surface area contributed by atoms with Gasteiger partial charge in [0.1, 0.15) is 4.83 Å². The minimum absolute atomic E-state index is 0.0548. The zero-order valence-electron chi connectivity index (χ0n) is 16.0. The predicted molar refractivity (Wildman–Crippen MR) is 111 cm³/mol. The van der Waals surface area contributed by atoms with Crippen LogP contribution in [0.1, 0.15) is 35.8 Å². The van der Waals surface area contributed by atoms with Crippen LogP contribution in [-0.2, 0) is 23.8 Å². The Balaban J connectivity index is 1.99. The monoisotopic (exact) mass is 453 g/mol. The number of benzene rings is 1. The van der Waals surface area contributed by atoms with Crippen molar-refractivity contribution in [1.29, 1.82) is 0 Å². The molecule has 4 rings (SSSR count). The van der Waals surface area contributed by atoms with E-state index < -0.39 is 28.5 Å². The largest absolute Gasteiger partial charge is 0.416 e. The SMILES string of the molecule is CC(Sc1nc2sc3c(c2c(=O)n1-c1cccc(C(F)(F)F)c1)CCCC3)C(N)=O. The van der Waals surface area contributed by atoms with E-state index in [-0.39, 0.29) is 10.8 Å². The molecule has 1 amide bonds. The lowest BCUT2D eigenvalue weighted by molar-refractivity contribution is -0.137. The van der Waals surface area contributed by atoms with E-state index in [1.165, 1.54) is 28.0 Å². The fraction of sp³-hybridized carbons (Fsp3) is 0.350. The maximum Gasteiger partial charge on any atom is 0.416 e. The Bertz CT molecular complexity index is 1200. The van der Waals surface area contributed by atoms with Crippen molar-refractivity contribution in [3.63, 3.8) is 0 Å². The van der Waals surface area contributed by atoms with Crippen LogP contribution < -0.4 is 11.3 Å². The molecule has 0 spiro atoms. The number of rotatable bonds is 4. The molecule has 0 saturated heterocycles. The molecule has 3 aromatic rings. The molecular formula is C20H18F3N3O2S2. The van der Waals surface area contributed by atoms with E-state index in [9.17, 15) is 22.8 Å². The van der Waals surface area contributed by atoms with Crippen LogP contribution in [0.2, 0.25) is 0 Å². The molecule has 30 heavy (non-hydrogen) atoms. The number of hydrogen-bond donors (Lipinski definition) is 1. The summed E-state index contributed by atoms with van der Waals surface area (Å²) in [5, 5.41) is -0.0964. The molecule has 2 N–H and O–H groups in total. The summed E-state index contributed by atoms with van der Waals surface area (Å²) in [5.41, 5.74) is 5.08. The molecule has 0 saturated carbocycles. The second kappa shape index (κ2) is 7.73. The van der Waals surface area contributed by atoms with Crippen molar-refractivity contribution >= 4 is 39.2 Å². The molecule has 1 atom stereocenters. The van der Waals surface area contributed by atoms with Gasteiger partial charge >= 0.3 is 6.18 Å². The number of amides is 1. The molecule has 0 radical (unpaired) electrons. The highest BCUT2D eigenvalue weighted by Crippen LogP contribution is 2.36. The molecule has 2 aromatic heterocycles. The summed E-state index contributed by atoms with van der Waals surface area (Å²) in [5.74, 6) is -0.601. The number of primary amides is 1. The number of aryl methyl sites for hydroxylation is 2. The number of fused-ring (bicyclic) bond motifs is 3. The molecule has 0 bridgehead atoms. The van der Waals surface area contributed by atoms with Gasteiger partial charge in [-0.1, -0.05) is 17.8 Å². The number of halogens is 3. The summed E-state index contributed by atoms with van der Waals surface area (Å²) >= 11 is 2.41. The van der Waals surface area contributed by atoms with Gasteiger partial charge in [0.25, 0.3) is 5.56 Å². The van der Waals surface area contributed by atoms with E-state index in [0.29, 0.717) is 10.2 Å². The van der Waals surface area contributed by atoms with Gasteiger partial charge in [-0.05, 0) is 56.4 Å². The molecule has 158 valence electrons. The normalized spacial score (nSPS) is 15.2. The number of alkyl halides is 3. The number of nitrogens with zero attached hydrogens (tertiary/aromatic N) is 2. The molecule has 0 aliphatic heterocycles. The maximum absolute atomic E-state index is 13.5. The van der Waals surface area contributed by atoms with Crippen molar-refractivity contribution in [2.75, 3.05) is 0 Å². The van der Waals surface area contributed by atoms with Crippen molar-refractivity contribution in [2.45, 2.75) is 49.2 Å². The van der Waals surface area contributed by atoms with Crippen LogP contribution in [0.3, 0.4) is 0 Å². The van der Waals surface area contributed by atoms with Gasteiger partial charge in [-0.15, -0.1) is 11.3 Å². The molecule has 0 fully saturated rings. The lowest BCUT2D eigenvalue weighted by atomic mass is 9.97. The Morgan fingerprint density at radius 1 is 1.30 bits per heavy atom. The first-order chi connectivity index (χ1) is 14.2. The minimum Gasteiger partial charge on any atom is -0.369 e. The van der Waals surface area contributed by atoms with Gasteiger partial charge in [-0.3, -0.25) is 14.2 Å². The topological polar surface area (TPSA) is 78.0 Å². The highest BCUT2D eigenvalue weighted by atomic mass is 32.2. The Morgan fingerprint density at radius 3 is 2.73 bits per heavy atom. The zero-order valence-corrected chi connectivity index (χ0v) is 17.6. The smallest absolute Gasteiger partial charge is 0.369 e. The van der Waals surface area contributed by atoms with Crippen LogP contribution in [0.25, 0.3) is 15.9 Å². The molecule has 5 nitrogen and oxygen atoms in total. The lowest BCUT2D eigenvalue weighted by Crippen LogP contribution is -2.26. The average molecular weight is 454 g/mol. The van der Waals surface area contributed by atoms with E-state index in [4.69, 9.17) is 5.73 Å². The standard InChI is InChI=1S/C20H18F3N3O2S2/c1-10(16(24)27)29-19-25-17-15(13-7-2-3-8-14(13)30-17)18(28)26(19)12-6-4-5-11(9-12)20(21,22)23/h4-6,9-10H,2-3,7-8H2,1H3,(H2,24,27). The fourth-order valence-electron chi connectivity index (χ4n) is 3.53.